The highest BCUT2D eigenvalue weighted by Gasteiger charge is 2.25. The lowest BCUT2D eigenvalue weighted by atomic mass is 10.3. The van der Waals surface area contributed by atoms with Crippen molar-refractivity contribution >= 4 is 21.4 Å². The fourth-order valence-electron chi connectivity index (χ4n) is 1.74. The Morgan fingerprint density at radius 3 is 2.55 bits per heavy atom. The van der Waals surface area contributed by atoms with Gasteiger partial charge in [0.25, 0.3) is 5.69 Å². The van der Waals surface area contributed by atoms with Crippen LogP contribution < -0.4 is 5.32 Å². The number of aliphatic hydroxyl groups excluding tert-OH is 1. The maximum atomic E-state index is 12.3. The van der Waals surface area contributed by atoms with Crippen LogP contribution >= 0.6 is 0 Å². The summed E-state index contributed by atoms with van der Waals surface area (Å²) < 4.78 is 25.7. The van der Waals surface area contributed by atoms with E-state index in [9.17, 15) is 18.5 Å². The summed E-state index contributed by atoms with van der Waals surface area (Å²) in [5, 5.41) is 22.3. The van der Waals surface area contributed by atoms with Crippen molar-refractivity contribution in [3.05, 3.63) is 28.3 Å². The minimum absolute atomic E-state index is 0.0231. The highest BCUT2D eigenvalue weighted by atomic mass is 32.2. The van der Waals surface area contributed by atoms with Crippen molar-refractivity contribution in [3.63, 3.8) is 0 Å². The minimum atomic E-state index is -3.78. The Morgan fingerprint density at radius 2 is 2.10 bits per heavy atom. The van der Waals surface area contributed by atoms with E-state index in [0.717, 1.165) is 10.4 Å². The quantitative estimate of drug-likeness (QED) is 0.564. The Hall–Kier alpha value is -1.71. The van der Waals surface area contributed by atoms with E-state index in [1.165, 1.54) is 19.2 Å². The second-order valence-corrected chi connectivity index (χ2v) is 5.84. The molecule has 1 aromatic rings. The van der Waals surface area contributed by atoms with Crippen molar-refractivity contribution in [2.75, 3.05) is 32.1 Å². The molecule has 0 spiro atoms. The smallest absolute Gasteiger partial charge is 0.292 e. The van der Waals surface area contributed by atoms with Crippen molar-refractivity contribution in [2.24, 2.45) is 0 Å². The molecule has 0 heterocycles. The van der Waals surface area contributed by atoms with Gasteiger partial charge in [0.2, 0.25) is 10.0 Å². The van der Waals surface area contributed by atoms with Crippen molar-refractivity contribution in [2.45, 2.75) is 11.8 Å². The summed E-state index contributed by atoms with van der Waals surface area (Å²) in [5.41, 5.74) is -0.0761. The molecule has 1 aromatic carbocycles. The number of rotatable bonds is 7. The second-order valence-electron chi connectivity index (χ2n) is 3.91. The molecule has 0 aliphatic heterocycles. The summed E-state index contributed by atoms with van der Waals surface area (Å²) >= 11 is 0. The van der Waals surface area contributed by atoms with Crippen LogP contribution in [0.25, 0.3) is 0 Å². The van der Waals surface area contributed by atoms with Gasteiger partial charge in [-0.1, -0.05) is 6.92 Å². The van der Waals surface area contributed by atoms with Gasteiger partial charge in [-0.3, -0.25) is 10.1 Å². The van der Waals surface area contributed by atoms with Gasteiger partial charge in [-0.15, -0.1) is 0 Å². The number of nitro benzene ring substituents is 1. The van der Waals surface area contributed by atoms with Crippen molar-refractivity contribution in [1.29, 1.82) is 0 Å². The van der Waals surface area contributed by atoms with Gasteiger partial charge in [-0.2, -0.15) is 4.31 Å². The number of anilines is 1. The molecule has 0 bridgehead atoms. The molecular formula is C11H17N3O5S. The third kappa shape index (κ3) is 3.24. The first-order chi connectivity index (χ1) is 9.38. The molecule has 9 heteroatoms. The van der Waals surface area contributed by atoms with Crippen LogP contribution in [0.4, 0.5) is 11.4 Å². The number of benzene rings is 1. The molecule has 0 fully saturated rings. The molecule has 0 radical (unpaired) electrons. The van der Waals surface area contributed by atoms with Crippen LogP contribution in [-0.2, 0) is 10.0 Å². The zero-order valence-electron chi connectivity index (χ0n) is 11.2. The first kappa shape index (κ1) is 16.3. The summed E-state index contributed by atoms with van der Waals surface area (Å²) in [4.78, 5) is 10.2. The molecular weight excluding hydrogens is 286 g/mol. The van der Waals surface area contributed by atoms with Gasteiger partial charge >= 0.3 is 0 Å². The van der Waals surface area contributed by atoms with Crippen molar-refractivity contribution < 1.29 is 18.4 Å². The Labute approximate surface area is 117 Å². The number of aliphatic hydroxyl groups is 1. The zero-order chi connectivity index (χ0) is 15.3. The molecule has 1 rings (SSSR count). The van der Waals surface area contributed by atoms with Crippen LogP contribution in [-0.4, -0.2) is 49.5 Å². The van der Waals surface area contributed by atoms with Crippen molar-refractivity contribution in [1.82, 2.24) is 4.31 Å². The van der Waals surface area contributed by atoms with Crippen LogP contribution in [0.3, 0.4) is 0 Å². The molecule has 0 aromatic heterocycles. The molecule has 112 valence electrons. The Morgan fingerprint density at radius 1 is 1.45 bits per heavy atom. The van der Waals surface area contributed by atoms with E-state index < -0.39 is 14.9 Å². The summed E-state index contributed by atoms with van der Waals surface area (Å²) in [6.45, 7) is 1.54. The number of hydrogen-bond acceptors (Lipinski definition) is 6. The zero-order valence-corrected chi connectivity index (χ0v) is 12.1. The predicted octanol–water partition coefficient (Wildman–Crippen LogP) is 0.639. The Balaban J connectivity index is 3.29. The van der Waals surface area contributed by atoms with E-state index >= 15 is 0 Å². The van der Waals surface area contributed by atoms with Crippen LogP contribution in [0.15, 0.2) is 23.1 Å². The molecule has 0 atom stereocenters. The van der Waals surface area contributed by atoms with E-state index in [1.54, 1.807) is 6.92 Å². The fraction of sp³-hybridized carbons (Fsp3) is 0.455. The number of nitrogens with zero attached hydrogens (tertiary/aromatic N) is 2. The number of hydrogen-bond donors (Lipinski definition) is 2. The van der Waals surface area contributed by atoms with Crippen LogP contribution in [0.5, 0.6) is 0 Å². The SMILES string of the molecule is CCN(CCO)S(=O)(=O)c1ccc([N+](=O)[O-])c(NC)c1. The topological polar surface area (TPSA) is 113 Å². The minimum Gasteiger partial charge on any atom is -0.395 e. The number of likely N-dealkylation sites (N-methyl/N-ethyl adjacent to an activating group) is 1. The fourth-order valence-corrected chi connectivity index (χ4v) is 3.21. The van der Waals surface area contributed by atoms with Crippen molar-refractivity contribution in [3.8, 4) is 0 Å². The van der Waals surface area contributed by atoms with Crippen LogP contribution in [0.1, 0.15) is 6.92 Å². The summed E-state index contributed by atoms with van der Waals surface area (Å²) in [7, 11) is -2.30. The average Bonchev–Trinajstić information content (AvgIpc) is 2.43. The van der Waals surface area contributed by atoms with Crippen LogP contribution in [0.2, 0.25) is 0 Å². The Kier molecular flexibility index (Phi) is 5.43. The summed E-state index contributed by atoms with van der Waals surface area (Å²) in [5.74, 6) is 0. The summed E-state index contributed by atoms with van der Waals surface area (Å²) in [6.07, 6.45) is 0. The second kappa shape index (κ2) is 6.64. The molecule has 0 aliphatic rings. The molecule has 20 heavy (non-hydrogen) atoms. The lowest BCUT2D eigenvalue weighted by Crippen LogP contribution is -2.33. The molecule has 8 nitrogen and oxygen atoms in total. The van der Waals surface area contributed by atoms with Gasteiger partial charge in [0, 0.05) is 26.2 Å². The van der Waals surface area contributed by atoms with E-state index in [-0.39, 0.29) is 36.0 Å². The number of sulfonamides is 1. The third-order valence-corrected chi connectivity index (χ3v) is 4.74. The monoisotopic (exact) mass is 303 g/mol. The van der Waals surface area contributed by atoms with E-state index in [4.69, 9.17) is 5.11 Å². The van der Waals surface area contributed by atoms with Crippen LogP contribution in [0, 0.1) is 10.1 Å². The third-order valence-electron chi connectivity index (χ3n) is 2.77. The molecule has 0 amide bonds. The van der Waals surface area contributed by atoms with Gasteiger partial charge in [-0.05, 0) is 12.1 Å². The highest BCUT2D eigenvalue weighted by molar-refractivity contribution is 7.89. The first-order valence-electron chi connectivity index (χ1n) is 5.95. The average molecular weight is 303 g/mol. The van der Waals surface area contributed by atoms with Gasteiger partial charge < -0.3 is 10.4 Å². The summed E-state index contributed by atoms with van der Waals surface area (Å²) in [6, 6.07) is 3.55. The van der Waals surface area contributed by atoms with Gasteiger partial charge in [0.15, 0.2) is 0 Å². The number of nitro groups is 1. The van der Waals surface area contributed by atoms with E-state index in [2.05, 4.69) is 5.32 Å². The standard InChI is InChI=1S/C11H17N3O5S/c1-3-13(6-7-15)20(18,19)9-4-5-11(14(16)17)10(8-9)12-2/h4-5,8,12,15H,3,6-7H2,1-2H3. The maximum absolute atomic E-state index is 12.3. The largest absolute Gasteiger partial charge is 0.395 e. The van der Waals surface area contributed by atoms with Gasteiger partial charge in [0.05, 0.1) is 16.4 Å². The molecule has 0 unspecified atom stereocenters. The Bertz CT molecular complexity index is 588. The highest BCUT2D eigenvalue weighted by Crippen LogP contribution is 2.28. The van der Waals surface area contributed by atoms with Gasteiger partial charge in [-0.25, -0.2) is 8.42 Å². The normalized spacial score (nSPS) is 11.6. The van der Waals surface area contributed by atoms with E-state index in [1.807, 2.05) is 0 Å². The van der Waals surface area contributed by atoms with Gasteiger partial charge in [0.1, 0.15) is 5.69 Å². The number of nitrogens with one attached hydrogen (secondary N) is 1. The molecule has 0 saturated heterocycles. The molecule has 0 saturated carbocycles. The lowest BCUT2D eigenvalue weighted by molar-refractivity contribution is -0.384. The lowest BCUT2D eigenvalue weighted by Gasteiger charge is -2.19. The first-order valence-corrected chi connectivity index (χ1v) is 7.39. The maximum Gasteiger partial charge on any atom is 0.292 e. The predicted molar refractivity (Wildman–Crippen MR) is 74.2 cm³/mol. The van der Waals surface area contributed by atoms with E-state index in [0.29, 0.717) is 0 Å². The molecule has 0 aliphatic carbocycles. The molecule has 2 N–H and O–H groups in total.